The largest absolute Gasteiger partial charge is 0.597 e. The molecular weight excluding hydrogens is 231 g/mol. The van der Waals surface area contributed by atoms with Crippen molar-refractivity contribution < 1.29 is 9.09 Å². The van der Waals surface area contributed by atoms with Crippen LogP contribution in [0.5, 0.6) is 5.75 Å². The number of para-hydroxylation sites is 1. The molecule has 0 aromatic heterocycles. The van der Waals surface area contributed by atoms with Gasteiger partial charge in [0.05, 0.1) is 0 Å². The predicted octanol–water partition coefficient (Wildman–Crippen LogP) is 3.75. The van der Waals surface area contributed by atoms with Crippen LogP contribution in [0.2, 0.25) is 0 Å². The molecule has 2 aromatic carbocycles. The first-order chi connectivity index (χ1) is 8.15. The van der Waals surface area contributed by atoms with Gasteiger partial charge < -0.3 is 0 Å². The molecule has 0 heterocycles. The minimum Gasteiger partial charge on any atom is -0.250 e. The molecule has 1 atom stereocenters. The van der Waals surface area contributed by atoms with Crippen LogP contribution in [-0.2, 0) is 4.57 Å². The highest BCUT2D eigenvalue weighted by molar-refractivity contribution is 7.48. The molecule has 17 heavy (non-hydrogen) atoms. The Morgan fingerprint density at radius 2 is 1.53 bits per heavy atom. The van der Waals surface area contributed by atoms with Crippen LogP contribution < -0.4 is 9.83 Å². The Labute approximate surface area is 102 Å². The van der Waals surface area contributed by atoms with Crippen molar-refractivity contribution in [3.05, 3.63) is 59.7 Å². The van der Waals surface area contributed by atoms with E-state index in [0.717, 1.165) is 16.4 Å². The van der Waals surface area contributed by atoms with Gasteiger partial charge in [0.25, 0.3) is 0 Å². The summed E-state index contributed by atoms with van der Waals surface area (Å²) >= 11 is 0. The van der Waals surface area contributed by atoms with Crippen LogP contribution in [0.4, 0.5) is 0 Å². The van der Waals surface area contributed by atoms with E-state index in [1.54, 1.807) is 12.1 Å². The molecule has 0 spiro atoms. The lowest BCUT2D eigenvalue weighted by Gasteiger charge is -1.96. The van der Waals surface area contributed by atoms with Crippen molar-refractivity contribution >= 4 is 13.3 Å². The van der Waals surface area contributed by atoms with Crippen molar-refractivity contribution in [1.29, 1.82) is 0 Å². The van der Waals surface area contributed by atoms with Gasteiger partial charge in [0.15, 0.2) is 5.75 Å². The van der Waals surface area contributed by atoms with E-state index in [2.05, 4.69) is 6.07 Å². The van der Waals surface area contributed by atoms with Crippen LogP contribution in [0.15, 0.2) is 48.5 Å². The number of aryl methyl sites for hydroxylation is 2. The minimum atomic E-state index is -1.83. The average Bonchev–Trinajstić information content (AvgIpc) is 2.29. The lowest BCUT2D eigenvalue weighted by Crippen LogP contribution is -2.01. The summed E-state index contributed by atoms with van der Waals surface area (Å²) < 4.78 is 17.5. The van der Waals surface area contributed by atoms with Gasteiger partial charge >= 0.3 is 8.03 Å². The summed E-state index contributed by atoms with van der Waals surface area (Å²) in [6.07, 6.45) is 0. The molecule has 0 bridgehead atoms. The summed E-state index contributed by atoms with van der Waals surface area (Å²) in [5.74, 6) is 0.632. The van der Waals surface area contributed by atoms with E-state index in [-0.39, 0.29) is 0 Å². The molecule has 0 radical (unpaired) electrons. The highest BCUT2D eigenvalue weighted by Gasteiger charge is 2.24. The zero-order valence-corrected chi connectivity index (χ0v) is 10.8. The van der Waals surface area contributed by atoms with Crippen molar-refractivity contribution in [2.75, 3.05) is 0 Å². The van der Waals surface area contributed by atoms with E-state index in [1.165, 1.54) is 0 Å². The average molecular weight is 245 g/mol. The van der Waals surface area contributed by atoms with Crippen molar-refractivity contribution in [3.63, 3.8) is 0 Å². The molecule has 0 saturated heterocycles. The topological polar surface area (TPSA) is 26.3 Å². The third kappa shape index (κ3) is 3.15. The Morgan fingerprint density at radius 1 is 0.941 bits per heavy atom. The van der Waals surface area contributed by atoms with E-state index < -0.39 is 8.03 Å². The lowest BCUT2D eigenvalue weighted by atomic mass is 10.2. The van der Waals surface area contributed by atoms with Gasteiger partial charge in [0, 0.05) is 0 Å². The lowest BCUT2D eigenvalue weighted by molar-refractivity contribution is 0.514. The molecule has 0 aliphatic carbocycles. The molecule has 0 N–H and O–H groups in total. The first kappa shape index (κ1) is 11.8. The molecule has 0 aliphatic heterocycles. The van der Waals surface area contributed by atoms with Crippen LogP contribution in [0, 0.1) is 13.8 Å². The molecule has 0 saturated carbocycles. The number of rotatable bonds is 3. The monoisotopic (exact) mass is 245 g/mol. The van der Waals surface area contributed by atoms with Gasteiger partial charge in [-0.1, -0.05) is 24.3 Å². The molecule has 2 nitrogen and oxygen atoms in total. The molecule has 0 aliphatic rings. The maximum absolute atomic E-state index is 12.0. The van der Waals surface area contributed by atoms with Gasteiger partial charge in [-0.15, -0.1) is 0 Å². The van der Waals surface area contributed by atoms with Crippen LogP contribution in [0.3, 0.4) is 0 Å². The van der Waals surface area contributed by atoms with Crippen LogP contribution >= 0.6 is 8.03 Å². The van der Waals surface area contributed by atoms with E-state index >= 15 is 0 Å². The summed E-state index contributed by atoms with van der Waals surface area (Å²) in [5.41, 5.74) is 2.19. The van der Waals surface area contributed by atoms with Gasteiger partial charge in [0.1, 0.15) is 0 Å². The molecule has 86 valence electrons. The summed E-state index contributed by atoms with van der Waals surface area (Å²) in [5, 5.41) is 0.737. The van der Waals surface area contributed by atoms with E-state index in [9.17, 15) is 4.57 Å². The van der Waals surface area contributed by atoms with Crippen molar-refractivity contribution in [3.8, 4) is 5.75 Å². The predicted molar refractivity (Wildman–Crippen MR) is 70.2 cm³/mol. The van der Waals surface area contributed by atoms with Crippen LogP contribution in [-0.4, -0.2) is 0 Å². The smallest absolute Gasteiger partial charge is 0.250 e. The van der Waals surface area contributed by atoms with E-state index in [0.29, 0.717) is 5.75 Å². The standard InChI is InChI=1S/C14H14O2P/c1-11-8-12(2)10-14(9-11)17(15)16-13-6-4-3-5-7-13/h3-10H,1-2H3/q+1. The van der Waals surface area contributed by atoms with Crippen LogP contribution in [0.25, 0.3) is 0 Å². The maximum atomic E-state index is 12.0. The van der Waals surface area contributed by atoms with Crippen molar-refractivity contribution in [2.45, 2.75) is 13.8 Å². The molecule has 2 aromatic rings. The maximum Gasteiger partial charge on any atom is 0.597 e. The van der Waals surface area contributed by atoms with Crippen LogP contribution in [0.1, 0.15) is 11.1 Å². The Morgan fingerprint density at radius 3 is 2.12 bits per heavy atom. The first-order valence-electron chi connectivity index (χ1n) is 5.44. The SMILES string of the molecule is Cc1cc(C)cc([P+](=O)Oc2ccccc2)c1. The minimum absolute atomic E-state index is 0.632. The summed E-state index contributed by atoms with van der Waals surface area (Å²) in [6, 6.07) is 15.1. The molecule has 3 heteroatoms. The highest BCUT2D eigenvalue weighted by atomic mass is 31.1. The Kier molecular flexibility index (Phi) is 3.55. The second kappa shape index (κ2) is 5.11. The van der Waals surface area contributed by atoms with Crippen molar-refractivity contribution in [1.82, 2.24) is 0 Å². The Balaban J connectivity index is 2.20. The summed E-state index contributed by atoms with van der Waals surface area (Å²) in [6.45, 7) is 3.98. The van der Waals surface area contributed by atoms with Gasteiger partial charge in [-0.25, -0.2) is 0 Å². The van der Waals surface area contributed by atoms with Gasteiger partial charge in [-0.3, -0.25) is 4.52 Å². The summed E-state index contributed by atoms with van der Waals surface area (Å²) in [7, 11) is -1.83. The normalized spacial score (nSPS) is 11.1. The van der Waals surface area contributed by atoms with E-state index in [1.807, 2.05) is 44.2 Å². The third-order valence-electron chi connectivity index (χ3n) is 2.35. The molecule has 1 unspecified atom stereocenters. The van der Waals surface area contributed by atoms with Gasteiger partial charge in [-0.2, -0.15) is 0 Å². The fraction of sp³-hybridized carbons (Fsp3) is 0.143. The second-order valence-corrected chi connectivity index (χ2v) is 5.22. The number of hydrogen-bond donors (Lipinski definition) is 0. The first-order valence-corrected chi connectivity index (χ1v) is 6.61. The number of benzene rings is 2. The zero-order chi connectivity index (χ0) is 12.3. The summed E-state index contributed by atoms with van der Waals surface area (Å²) in [4.78, 5) is 0. The van der Waals surface area contributed by atoms with E-state index in [4.69, 9.17) is 4.52 Å². The molecule has 2 rings (SSSR count). The quantitative estimate of drug-likeness (QED) is 0.770. The Bertz CT molecular complexity index is 515. The molecule has 0 fully saturated rings. The van der Waals surface area contributed by atoms with Gasteiger partial charge in [-0.05, 0) is 53.8 Å². The number of hydrogen-bond acceptors (Lipinski definition) is 2. The van der Waals surface area contributed by atoms with Gasteiger partial charge in [0.2, 0.25) is 5.30 Å². The highest BCUT2D eigenvalue weighted by Crippen LogP contribution is 2.26. The molecular formula is C14H14O2P+. The molecule has 0 amide bonds. The fourth-order valence-electron chi connectivity index (χ4n) is 1.69. The third-order valence-corrected chi connectivity index (χ3v) is 3.41. The second-order valence-electron chi connectivity index (χ2n) is 4.01. The Hall–Kier alpha value is -1.66. The zero-order valence-electron chi connectivity index (χ0n) is 9.88. The fourth-order valence-corrected chi connectivity index (χ4v) is 2.72. The van der Waals surface area contributed by atoms with Crippen molar-refractivity contribution in [2.24, 2.45) is 0 Å².